The van der Waals surface area contributed by atoms with Crippen molar-refractivity contribution in [3.05, 3.63) is 76.0 Å². The molecule has 0 unspecified atom stereocenters. The molecule has 1 amide bonds. The Balaban J connectivity index is 1.33. The number of piperazine rings is 1. The summed E-state index contributed by atoms with van der Waals surface area (Å²) in [4.78, 5) is 21.1. The second-order valence-electron chi connectivity index (χ2n) is 6.75. The fourth-order valence-electron chi connectivity index (χ4n) is 3.28. The number of carbonyl (C=O) groups excluding carboxylic acids is 1. The molecule has 8 heteroatoms. The Hall–Kier alpha value is -2.64. The smallest absolute Gasteiger partial charge is 0.271 e. The molecule has 0 aliphatic carbocycles. The molecule has 0 bridgehead atoms. The van der Waals surface area contributed by atoms with Crippen LogP contribution in [0, 0.1) is 5.82 Å². The first-order chi connectivity index (χ1) is 14.1. The van der Waals surface area contributed by atoms with Crippen molar-refractivity contribution in [1.29, 1.82) is 0 Å². The quantitative estimate of drug-likeness (QED) is 0.659. The predicted molar refractivity (Wildman–Crippen MR) is 116 cm³/mol. The number of halogens is 2. The Morgan fingerprint density at radius 2 is 1.86 bits per heavy atom. The molecule has 150 valence electrons. The average Bonchev–Trinajstić information content (AvgIpc) is 3.23. The number of benzene rings is 2. The molecule has 2 heterocycles. The van der Waals surface area contributed by atoms with Gasteiger partial charge in [-0.2, -0.15) is 0 Å². The first kappa shape index (κ1) is 19.7. The third-order valence-electron chi connectivity index (χ3n) is 4.81. The number of hydrogen-bond acceptors (Lipinski definition) is 5. The zero-order valence-electron chi connectivity index (χ0n) is 15.6. The number of nitrogens with one attached hydrogen (secondary N) is 1. The van der Waals surface area contributed by atoms with Gasteiger partial charge in [0.1, 0.15) is 11.5 Å². The molecule has 1 aliphatic rings. The Bertz CT molecular complexity index is 1000. The molecule has 5 nitrogen and oxygen atoms in total. The Morgan fingerprint density at radius 1 is 1.10 bits per heavy atom. The number of rotatable bonds is 5. The van der Waals surface area contributed by atoms with Crippen LogP contribution in [0.15, 0.2) is 53.9 Å². The van der Waals surface area contributed by atoms with E-state index in [9.17, 15) is 9.18 Å². The zero-order chi connectivity index (χ0) is 20.2. The summed E-state index contributed by atoms with van der Waals surface area (Å²) in [5.74, 6) is -0.411. The van der Waals surface area contributed by atoms with Crippen molar-refractivity contribution in [3.63, 3.8) is 0 Å². The van der Waals surface area contributed by atoms with Crippen LogP contribution in [-0.2, 0) is 6.54 Å². The zero-order valence-corrected chi connectivity index (χ0v) is 17.2. The van der Waals surface area contributed by atoms with E-state index in [1.54, 1.807) is 23.6 Å². The van der Waals surface area contributed by atoms with Crippen molar-refractivity contribution in [2.75, 3.05) is 36.0 Å². The highest BCUT2D eigenvalue weighted by Gasteiger charge is 2.22. The molecule has 1 aromatic heterocycles. The van der Waals surface area contributed by atoms with Crippen molar-refractivity contribution < 1.29 is 9.18 Å². The fraction of sp³-hybridized carbons (Fsp3) is 0.238. The summed E-state index contributed by atoms with van der Waals surface area (Å²) in [5, 5.41) is 6.09. The second-order valence-corrected chi connectivity index (χ2v) is 8.03. The molecule has 3 aromatic rings. The third-order valence-corrected chi connectivity index (χ3v) is 5.95. The molecule has 2 aromatic carbocycles. The van der Waals surface area contributed by atoms with E-state index in [0.29, 0.717) is 36.0 Å². The molecule has 1 N–H and O–H groups in total. The van der Waals surface area contributed by atoms with Crippen LogP contribution in [0.3, 0.4) is 0 Å². The number of carbonyl (C=O) groups is 1. The van der Waals surface area contributed by atoms with Gasteiger partial charge in [-0.25, -0.2) is 9.37 Å². The van der Waals surface area contributed by atoms with Gasteiger partial charge < -0.3 is 15.1 Å². The highest BCUT2D eigenvalue weighted by molar-refractivity contribution is 7.13. The van der Waals surface area contributed by atoms with Crippen LogP contribution in [-0.4, -0.2) is 37.1 Å². The van der Waals surface area contributed by atoms with E-state index in [0.717, 1.165) is 23.8 Å². The predicted octanol–water partition coefficient (Wildman–Crippen LogP) is 4.19. The molecule has 29 heavy (non-hydrogen) atoms. The van der Waals surface area contributed by atoms with Crippen LogP contribution >= 0.6 is 22.9 Å². The summed E-state index contributed by atoms with van der Waals surface area (Å²) in [7, 11) is 0. The van der Waals surface area contributed by atoms with Gasteiger partial charge in [0.25, 0.3) is 5.91 Å². The van der Waals surface area contributed by atoms with Crippen molar-refractivity contribution in [2.45, 2.75) is 6.54 Å². The van der Waals surface area contributed by atoms with Crippen LogP contribution in [0.1, 0.15) is 16.1 Å². The van der Waals surface area contributed by atoms with Crippen LogP contribution in [0.2, 0.25) is 5.02 Å². The van der Waals surface area contributed by atoms with Crippen LogP contribution in [0.5, 0.6) is 0 Å². The van der Waals surface area contributed by atoms with Gasteiger partial charge in [-0.15, -0.1) is 11.3 Å². The van der Waals surface area contributed by atoms with Gasteiger partial charge in [-0.1, -0.05) is 35.9 Å². The Labute approximate surface area is 177 Å². The topological polar surface area (TPSA) is 48.5 Å². The lowest BCUT2D eigenvalue weighted by Crippen LogP contribution is -2.46. The highest BCUT2D eigenvalue weighted by atomic mass is 35.5. The normalized spacial score (nSPS) is 14.1. The standard InChI is InChI=1S/C21H20ClFN4OS/c22-16-5-3-4-15(12-16)13-24-20(28)18-14-29-21(25-18)27-10-8-26(9-11-27)19-7-2-1-6-17(19)23/h1-7,12,14H,8-11,13H2,(H,24,28). The maximum absolute atomic E-state index is 14.0. The van der Waals surface area contributed by atoms with E-state index < -0.39 is 0 Å². The number of hydrogen-bond donors (Lipinski definition) is 1. The largest absolute Gasteiger partial charge is 0.366 e. The summed E-state index contributed by atoms with van der Waals surface area (Å²) in [6.07, 6.45) is 0. The Morgan fingerprint density at radius 3 is 2.62 bits per heavy atom. The monoisotopic (exact) mass is 430 g/mol. The van der Waals surface area contributed by atoms with E-state index in [1.807, 2.05) is 29.2 Å². The molecule has 0 radical (unpaired) electrons. The number of anilines is 2. The summed E-state index contributed by atoms with van der Waals surface area (Å²) in [5.41, 5.74) is 1.97. The van der Waals surface area contributed by atoms with Crippen LogP contribution < -0.4 is 15.1 Å². The molecule has 0 spiro atoms. The van der Waals surface area contributed by atoms with Crippen molar-refractivity contribution >= 4 is 39.7 Å². The lowest BCUT2D eigenvalue weighted by Gasteiger charge is -2.36. The van der Waals surface area contributed by atoms with Gasteiger partial charge in [0.05, 0.1) is 5.69 Å². The lowest BCUT2D eigenvalue weighted by molar-refractivity contribution is 0.0946. The maximum atomic E-state index is 14.0. The summed E-state index contributed by atoms with van der Waals surface area (Å²) >= 11 is 7.42. The number of nitrogens with zero attached hydrogens (tertiary/aromatic N) is 3. The average molecular weight is 431 g/mol. The van der Waals surface area contributed by atoms with Gasteiger partial charge in [0.2, 0.25) is 0 Å². The van der Waals surface area contributed by atoms with Crippen LogP contribution in [0.25, 0.3) is 0 Å². The molecule has 1 saturated heterocycles. The minimum Gasteiger partial charge on any atom is -0.366 e. The van der Waals surface area contributed by atoms with Gasteiger partial charge >= 0.3 is 0 Å². The minimum absolute atomic E-state index is 0.200. The second kappa shape index (κ2) is 8.80. The fourth-order valence-corrected chi connectivity index (χ4v) is 4.35. The summed E-state index contributed by atoms with van der Waals surface area (Å²) < 4.78 is 14.0. The van der Waals surface area contributed by atoms with Crippen molar-refractivity contribution in [3.8, 4) is 0 Å². The Kier molecular flexibility index (Phi) is 5.97. The molecule has 0 atom stereocenters. The summed E-state index contributed by atoms with van der Waals surface area (Å²) in [6.45, 7) is 3.26. The van der Waals surface area contributed by atoms with E-state index in [1.165, 1.54) is 17.4 Å². The SMILES string of the molecule is O=C(NCc1cccc(Cl)c1)c1csc(N2CCN(c3ccccc3F)CC2)n1. The van der Waals surface area contributed by atoms with Crippen molar-refractivity contribution in [1.82, 2.24) is 10.3 Å². The van der Waals surface area contributed by atoms with Crippen LogP contribution in [0.4, 0.5) is 15.2 Å². The van der Waals surface area contributed by atoms with Gasteiger partial charge in [-0.3, -0.25) is 4.79 Å². The van der Waals surface area contributed by atoms with Crippen molar-refractivity contribution in [2.24, 2.45) is 0 Å². The molecule has 4 rings (SSSR count). The molecular weight excluding hydrogens is 411 g/mol. The lowest BCUT2D eigenvalue weighted by atomic mass is 10.2. The number of amides is 1. The van der Waals surface area contributed by atoms with E-state index in [4.69, 9.17) is 11.6 Å². The third kappa shape index (κ3) is 4.68. The minimum atomic E-state index is -0.211. The molecule has 1 fully saturated rings. The molecule has 0 saturated carbocycles. The number of thiazole rings is 1. The first-order valence-corrected chi connectivity index (χ1v) is 10.6. The van der Waals surface area contributed by atoms with E-state index >= 15 is 0 Å². The van der Waals surface area contributed by atoms with Gasteiger partial charge in [0, 0.05) is 43.1 Å². The highest BCUT2D eigenvalue weighted by Crippen LogP contribution is 2.25. The van der Waals surface area contributed by atoms with Gasteiger partial charge in [-0.05, 0) is 29.8 Å². The molecular formula is C21H20ClFN4OS. The first-order valence-electron chi connectivity index (χ1n) is 9.33. The van der Waals surface area contributed by atoms with E-state index in [2.05, 4.69) is 15.2 Å². The maximum Gasteiger partial charge on any atom is 0.271 e. The van der Waals surface area contributed by atoms with E-state index in [-0.39, 0.29) is 11.7 Å². The molecule has 1 aliphatic heterocycles. The number of aromatic nitrogens is 1. The number of para-hydroxylation sites is 1. The van der Waals surface area contributed by atoms with Gasteiger partial charge in [0.15, 0.2) is 5.13 Å². The summed E-state index contributed by atoms with van der Waals surface area (Å²) in [6, 6.07) is 14.2.